The molecule has 0 radical (unpaired) electrons. The zero-order valence-corrected chi connectivity index (χ0v) is 12.6. The Labute approximate surface area is 131 Å². The molecular weight excluding hydrogens is 274 g/mol. The number of hydrogen-bond donors (Lipinski definition) is 1. The standard InChI is InChI=1S/C18H21N3O/c22-18-8-4-7-17(13-18)14-19-21-11-9-20(10-12-21)15-16-5-2-1-3-6-16/h1-8,13-14,22H,9-12,15H2/b19-14+. The highest BCUT2D eigenvalue weighted by Crippen LogP contribution is 2.11. The predicted molar refractivity (Wildman–Crippen MR) is 89.0 cm³/mol. The Hall–Kier alpha value is -2.33. The van der Waals surface area contributed by atoms with E-state index >= 15 is 0 Å². The number of piperazine rings is 1. The summed E-state index contributed by atoms with van der Waals surface area (Å²) in [5, 5.41) is 16.0. The molecule has 0 bridgehead atoms. The SMILES string of the molecule is Oc1cccc(/C=N/N2CCN(Cc3ccccc3)CC2)c1. The average Bonchev–Trinajstić information content (AvgIpc) is 2.55. The molecule has 1 aliphatic rings. The van der Waals surface area contributed by atoms with Crippen LogP contribution in [-0.2, 0) is 6.54 Å². The van der Waals surface area contributed by atoms with Crippen LogP contribution in [0, 0.1) is 0 Å². The van der Waals surface area contributed by atoms with Gasteiger partial charge in [-0.3, -0.25) is 9.91 Å². The quantitative estimate of drug-likeness (QED) is 0.881. The number of nitrogens with zero attached hydrogens (tertiary/aromatic N) is 3. The highest BCUT2D eigenvalue weighted by atomic mass is 16.3. The molecule has 4 heteroatoms. The van der Waals surface area contributed by atoms with Gasteiger partial charge < -0.3 is 5.11 Å². The van der Waals surface area contributed by atoms with E-state index in [1.54, 1.807) is 12.1 Å². The second-order valence-electron chi connectivity index (χ2n) is 5.55. The first-order valence-electron chi connectivity index (χ1n) is 7.64. The molecule has 3 rings (SSSR count). The Balaban J connectivity index is 1.49. The first-order valence-corrected chi connectivity index (χ1v) is 7.64. The Morgan fingerprint density at radius 1 is 0.955 bits per heavy atom. The molecule has 1 heterocycles. The lowest BCUT2D eigenvalue weighted by Crippen LogP contribution is -2.43. The van der Waals surface area contributed by atoms with Crippen molar-refractivity contribution in [3.05, 3.63) is 65.7 Å². The van der Waals surface area contributed by atoms with E-state index < -0.39 is 0 Å². The van der Waals surface area contributed by atoms with E-state index in [4.69, 9.17) is 0 Å². The Kier molecular flexibility index (Phi) is 4.71. The molecule has 1 aliphatic heterocycles. The van der Waals surface area contributed by atoms with Gasteiger partial charge in [-0.15, -0.1) is 0 Å². The van der Waals surface area contributed by atoms with Gasteiger partial charge in [-0.05, 0) is 23.3 Å². The van der Waals surface area contributed by atoms with Crippen LogP contribution in [0.25, 0.3) is 0 Å². The number of phenolic OH excluding ortho intramolecular Hbond substituents is 1. The number of hydrogen-bond acceptors (Lipinski definition) is 4. The molecular formula is C18H21N3O. The molecule has 2 aromatic carbocycles. The van der Waals surface area contributed by atoms with E-state index in [1.807, 2.05) is 18.3 Å². The van der Waals surface area contributed by atoms with Gasteiger partial charge >= 0.3 is 0 Å². The Morgan fingerprint density at radius 3 is 2.45 bits per heavy atom. The van der Waals surface area contributed by atoms with Crippen molar-refractivity contribution in [3.63, 3.8) is 0 Å². The molecule has 0 atom stereocenters. The fraction of sp³-hybridized carbons (Fsp3) is 0.278. The van der Waals surface area contributed by atoms with Gasteiger partial charge in [-0.25, -0.2) is 0 Å². The van der Waals surface area contributed by atoms with Crippen molar-refractivity contribution in [2.24, 2.45) is 5.10 Å². The lowest BCUT2D eigenvalue weighted by atomic mass is 10.2. The fourth-order valence-electron chi connectivity index (χ4n) is 2.61. The molecule has 1 N–H and O–H groups in total. The van der Waals surface area contributed by atoms with E-state index in [9.17, 15) is 5.11 Å². The van der Waals surface area contributed by atoms with Crippen LogP contribution in [0.2, 0.25) is 0 Å². The van der Waals surface area contributed by atoms with Crippen molar-refractivity contribution in [2.45, 2.75) is 6.54 Å². The molecule has 0 saturated carbocycles. The molecule has 22 heavy (non-hydrogen) atoms. The van der Waals surface area contributed by atoms with Crippen LogP contribution in [0.1, 0.15) is 11.1 Å². The third-order valence-corrected chi connectivity index (χ3v) is 3.84. The van der Waals surface area contributed by atoms with Crippen LogP contribution in [0.5, 0.6) is 5.75 Å². The van der Waals surface area contributed by atoms with Gasteiger partial charge in [0.1, 0.15) is 5.75 Å². The lowest BCUT2D eigenvalue weighted by Gasteiger charge is -2.33. The van der Waals surface area contributed by atoms with Crippen LogP contribution in [0.15, 0.2) is 59.7 Å². The summed E-state index contributed by atoms with van der Waals surface area (Å²) in [6, 6.07) is 17.7. The molecule has 1 saturated heterocycles. The molecule has 0 spiro atoms. The summed E-state index contributed by atoms with van der Waals surface area (Å²) in [6.07, 6.45) is 1.81. The maximum atomic E-state index is 9.44. The average molecular weight is 295 g/mol. The third-order valence-electron chi connectivity index (χ3n) is 3.84. The van der Waals surface area contributed by atoms with E-state index in [-0.39, 0.29) is 5.75 Å². The van der Waals surface area contributed by atoms with Gasteiger partial charge in [0, 0.05) is 32.7 Å². The van der Waals surface area contributed by atoms with Crippen LogP contribution < -0.4 is 0 Å². The second-order valence-corrected chi connectivity index (χ2v) is 5.55. The summed E-state index contributed by atoms with van der Waals surface area (Å²) >= 11 is 0. The van der Waals surface area contributed by atoms with Crippen LogP contribution in [0.4, 0.5) is 0 Å². The predicted octanol–water partition coefficient (Wildman–Crippen LogP) is 2.54. The molecule has 0 aromatic heterocycles. The van der Waals surface area contributed by atoms with Gasteiger partial charge in [0.25, 0.3) is 0 Å². The maximum absolute atomic E-state index is 9.44. The Bertz CT molecular complexity index is 619. The van der Waals surface area contributed by atoms with Gasteiger partial charge in [0.2, 0.25) is 0 Å². The van der Waals surface area contributed by atoms with Crippen LogP contribution in [-0.4, -0.2) is 47.4 Å². The van der Waals surface area contributed by atoms with Crippen molar-refractivity contribution in [1.82, 2.24) is 9.91 Å². The van der Waals surface area contributed by atoms with Crippen molar-refractivity contribution >= 4 is 6.21 Å². The minimum absolute atomic E-state index is 0.275. The highest BCUT2D eigenvalue weighted by Gasteiger charge is 2.15. The molecule has 114 valence electrons. The minimum atomic E-state index is 0.275. The van der Waals surface area contributed by atoms with Crippen molar-refractivity contribution < 1.29 is 5.11 Å². The zero-order chi connectivity index (χ0) is 15.2. The fourth-order valence-corrected chi connectivity index (χ4v) is 2.61. The molecule has 2 aromatic rings. The van der Waals surface area contributed by atoms with Gasteiger partial charge in [-0.1, -0.05) is 42.5 Å². The number of aromatic hydroxyl groups is 1. The Morgan fingerprint density at radius 2 is 1.73 bits per heavy atom. The topological polar surface area (TPSA) is 39.1 Å². The third kappa shape index (κ3) is 4.09. The van der Waals surface area contributed by atoms with Crippen molar-refractivity contribution in [3.8, 4) is 5.75 Å². The molecule has 1 fully saturated rings. The van der Waals surface area contributed by atoms with Gasteiger partial charge in [-0.2, -0.15) is 5.10 Å². The molecule has 0 aliphatic carbocycles. The summed E-state index contributed by atoms with van der Waals surface area (Å²) in [5.41, 5.74) is 2.28. The van der Waals surface area contributed by atoms with Crippen molar-refractivity contribution in [1.29, 1.82) is 0 Å². The van der Waals surface area contributed by atoms with Crippen LogP contribution in [0.3, 0.4) is 0 Å². The summed E-state index contributed by atoms with van der Waals surface area (Å²) in [4.78, 5) is 2.45. The second kappa shape index (κ2) is 7.09. The molecule has 4 nitrogen and oxygen atoms in total. The summed E-state index contributed by atoms with van der Waals surface area (Å²) < 4.78 is 0. The van der Waals surface area contributed by atoms with Crippen molar-refractivity contribution in [2.75, 3.05) is 26.2 Å². The van der Waals surface area contributed by atoms with Gasteiger partial charge in [0.05, 0.1) is 6.21 Å². The number of benzene rings is 2. The first-order chi connectivity index (χ1) is 10.8. The van der Waals surface area contributed by atoms with E-state index in [0.29, 0.717) is 0 Å². The van der Waals surface area contributed by atoms with E-state index in [2.05, 4.69) is 45.3 Å². The zero-order valence-electron chi connectivity index (χ0n) is 12.6. The summed E-state index contributed by atoms with van der Waals surface area (Å²) in [6.45, 7) is 4.91. The number of rotatable bonds is 4. The highest BCUT2D eigenvalue weighted by molar-refractivity contribution is 5.79. The maximum Gasteiger partial charge on any atom is 0.116 e. The molecule has 0 amide bonds. The summed E-state index contributed by atoms with van der Waals surface area (Å²) in [7, 11) is 0. The smallest absolute Gasteiger partial charge is 0.116 e. The number of hydrazone groups is 1. The normalized spacial score (nSPS) is 16.3. The van der Waals surface area contributed by atoms with Gasteiger partial charge in [0.15, 0.2) is 0 Å². The molecule has 0 unspecified atom stereocenters. The number of phenols is 1. The van der Waals surface area contributed by atoms with Crippen LogP contribution >= 0.6 is 0 Å². The van der Waals surface area contributed by atoms with E-state index in [0.717, 1.165) is 38.3 Å². The minimum Gasteiger partial charge on any atom is -0.508 e. The monoisotopic (exact) mass is 295 g/mol. The summed E-state index contributed by atoms with van der Waals surface area (Å²) in [5.74, 6) is 0.275. The van der Waals surface area contributed by atoms with E-state index in [1.165, 1.54) is 5.56 Å². The first kappa shape index (κ1) is 14.6. The largest absolute Gasteiger partial charge is 0.508 e. The lowest BCUT2D eigenvalue weighted by molar-refractivity contribution is 0.131.